The van der Waals surface area contributed by atoms with Crippen molar-refractivity contribution < 1.29 is 18.7 Å². The first kappa shape index (κ1) is 21.2. The Morgan fingerprint density at radius 1 is 1.13 bits per heavy atom. The van der Waals surface area contributed by atoms with Crippen LogP contribution in [-0.2, 0) is 9.59 Å². The van der Waals surface area contributed by atoms with Crippen molar-refractivity contribution in [2.75, 3.05) is 44.2 Å². The first-order chi connectivity index (χ1) is 15.0. The minimum atomic E-state index is -0.548. The molecular weight excluding hydrogens is 416 g/mol. The van der Waals surface area contributed by atoms with Gasteiger partial charge in [-0.05, 0) is 61.6 Å². The van der Waals surface area contributed by atoms with E-state index in [-0.39, 0.29) is 10.7 Å². The number of ether oxygens (including phenoxy) is 1. The summed E-state index contributed by atoms with van der Waals surface area (Å²) in [5.74, 6) is 0.774. The maximum Gasteiger partial charge on any atom is 0.270 e. The van der Waals surface area contributed by atoms with Crippen molar-refractivity contribution in [3.05, 3.63) is 53.5 Å². The second-order valence-electron chi connectivity index (χ2n) is 7.34. The molecule has 2 saturated heterocycles. The van der Waals surface area contributed by atoms with Gasteiger partial charge >= 0.3 is 0 Å². The monoisotopic (exact) mass is 440 g/mol. The number of rotatable bonds is 6. The van der Waals surface area contributed by atoms with E-state index >= 15 is 0 Å². The number of carbonyl (C=O) groups excluding carboxylic acids is 2. The van der Waals surface area contributed by atoms with Crippen LogP contribution in [0.15, 0.2) is 46.4 Å². The third-order valence-electron chi connectivity index (χ3n) is 5.13. The van der Waals surface area contributed by atoms with Gasteiger partial charge in [0.1, 0.15) is 29.4 Å². The number of nitrogens with zero attached hydrogens (tertiary/aromatic N) is 2. The molecule has 0 saturated carbocycles. The highest BCUT2D eigenvalue weighted by molar-refractivity contribution is 7.80. The number of nitrogens with one attached hydrogen (secondary N) is 2. The summed E-state index contributed by atoms with van der Waals surface area (Å²) >= 11 is 5.24. The Hall–Kier alpha value is -3.01. The summed E-state index contributed by atoms with van der Waals surface area (Å²) in [5, 5.41) is 5.93. The number of thiocarbonyl (C=S) groups is 1. The molecule has 0 radical (unpaired) electrons. The van der Waals surface area contributed by atoms with E-state index in [0.717, 1.165) is 32.7 Å². The average molecular weight is 441 g/mol. The van der Waals surface area contributed by atoms with Crippen LogP contribution >= 0.6 is 12.2 Å². The lowest BCUT2D eigenvalue weighted by atomic mass is 10.1. The van der Waals surface area contributed by atoms with Gasteiger partial charge in [-0.1, -0.05) is 0 Å². The molecule has 31 heavy (non-hydrogen) atoms. The maximum absolute atomic E-state index is 13.0. The molecule has 0 unspecified atom stereocenters. The van der Waals surface area contributed by atoms with Crippen LogP contribution in [-0.4, -0.2) is 61.2 Å². The SMILES string of the molecule is Cc1ccc(C=C2C(=O)NC(=S)N(c3ccc(OCCN4CCNCC4)cc3)C2=O)o1. The molecule has 0 spiro atoms. The first-order valence-electron chi connectivity index (χ1n) is 10.1. The van der Waals surface area contributed by atoms with Gasteiger partial charge in [0.25, 0.3) is 11.8 Å². The van der Waals surface area contributed by atoms with Crippen LogP contribution in [0.3, 0.4) is 0 Å². The fourth-order valence-electron chi connectivity index (χ4n) is 3.48. The van der Waals surface area contributed by atoms with E-state index in [0.29, 0.717) is 29.6 Å². The quantitative estimate of drug-likeness (QED) is 0.402. The second kappa shape index (κ2) is 9.42. The molecular formula is C22H24N4O4S. The zero-order chi connectivity index (χ0) is 21.8. The third-order valence-corrected chi connectivity index (χ3v) is 5.41. The zero-order valence-electron chi connectivity index (χ0n) is 17.2. The van der Waals surface area contributed by atoms with Gasteiger partial charge in [0.15, 0.2) is 5.11 Å². The summed E-state index contributed by atoms with van der Waals surface area (Å²) in [6, 6.07) is 10.5. The highest BCUT2D eigenvalue weighted by Crippen LogP contribution is 2.24. The third kappa shape index (κ3) is 5.01. The molecule has 4 rings (SSSR count). The van der Waals surface area contributed by atoms with E-state index in [1.807, 2.05) is 0 Å². The molecule has 1 aromatic heterocycles. The van der Waals surface area contributed by atoms with Gasteiger partial charge in [-0.25, -0.2) is 0 Å². The van der Waals surface area contributed by atoms with Crippen molar-refractivity contribution >= 4 is 40.9 Å². The molecule has 2 aliphatic heterocycles. The van der Waals surface area contributed by atoms with Gasteiger partial charge in [0.05, 0.1) is 5.69 Å². The van der Waals surface area contributed by atoms with E-state index < -0.39 is 11.8 Å². The number of aryl methyl sites for hydroxylation is 1. The molecule has 0 atom stereocenters. The van der Waals surface area contributed by atoms with Crippen LogP contribution in [0.4, 0.5) is 5.69 Å². The minimum Gasteiger partial charge on any atom is -0.492 e. The Morgan fingerprint density at radius 2 is 1.87 bits per heavy atom. The molecule has 2 N–H and O–H groups in total. The van der Waals surface area contributed by atoms with Crippen molar-refractivity contribution in [2.45, 2.75) is 6.92 Å². The van der Waals surface area contributed by atoms with Gasteiger partial charge in [-0.15, -0.1) is 0 Å². The molecule has 0 aliphatic carbocycles. The van der Waals surface area contributed by atoms with Crippen molar-refractivity contribution in [3.63, 3.8) is 0 Å². The largest absolute Gasteiger partial charge is 0.492 e. The fourth-order valence-corrected chi connectivity index (χ4v) is 3.77. The number of carbonyl (C=O) groups is 2. The van der Waals surface area contributed by atoms with Crippen LogP contribution in [0.1, 0.15) is 11.5 Å². The molecule has 2 aromatic rings. The van der Waals surface area contributed by atoms with Crippen LogP contribution in [0.25, 0.3) is 6.08 Å². The summed E-state index contributed by atoms with van der Waals surface area (Å²) < 4.78 is 11.3. The van der Waals surface area contributed by atoms with Crippen LogP contribution in [0, 0.1) is 6.92 Å². The summed E-state index contributed by atoms with van der Waals surface area (Å²) in [6.45, 7) is 7.30. The lowest BCUT2D eigenvalue weighted by molar-refractivity contribution is -0.122. The minimum absolute atomic E-state index is 0.0372. The molecule has 162 valence electrons. The predicted molar refractivity (Wildman–Crippen MR) is 121 cm³/mol. The zero-order valence-corrected chi connectivity index (χ0v) is 18.0. The Balaban J connectivity index is 1.43. The Bertz CT molecular complexity index is 1010. The van der Waals surface area contributed by atoms with E-state index in [1.165, 1.54) is 11.0 Å². The first-order valence-corrected chi connectivity index (χ1v) is 10.6. The summed E-state index contributed by atoms with van der Waals surface area (Å²) in [7, 11) is 0. The van der Waals surface area contributed by atoms with E-state index in [9.17, 15) is 9.59 Å². The van der Waals surface area contributed by atoms with Gasteiger partial charge in [0.2, 0.25) is 0 Å². The molecule has 8 nitrogen and oxygen atoms in total. The molecule has 0 bridgehead atoms. The van der Waals surface area contributed by atoms with Crippen molar-refractivity contribution in [1.82, 2.24) is 15.5 Å². The molecule has 2 aliphatic rings. The number of furan rings is 1. The predicted octanol–water partition coefficient (Wildman–Crippen LogP) is 1.70. The summed E-state index contributed by atoms with van der Waals surface area (Å²) in [4.78, 5) is 29.0. The van der Waals surface area contributed by atoms with Crippen LogP contribution < -0.4 is 20.3 Å². The van der Waals surface area contributed by atoms with Gasteiger partial charge in [0, 0.05) is 32.7 Å². The number of piperazine rings is 1. The number of hydrogen-bond acceptors (Lipinski definition) is 7. The number of benzene rings is 1. The Morgan fingerprint density at radius 3 is 2.55 bits per heavy atom. The number of anilines is 1. The molecule has 2 fully saturated rings. The number of hydrogen-bond donors (Lipinski definition) is 2. The van der Waals surface area contributed by atoms with Crippen molar-refractivity contribution in [3.8, 4) is 5.75 Å². The summed E-state index contributed by atoms with van der Waals surface area (Å²) in [5.41, 5.74) is 0.505. The maximum atomic E-state index is 13.0. The molecule has 9 heteroatoms. The van der Waals surface area contributed by atoms with Crippen LogP contribution in [0.2, 0.25) is 0 Å². The highest BCUT2D eigenvalue weighted by Gasteiger charge is 2.34. The average Bonchev–Trinajstić information content (AvgIpc) is 3.18. The number of amides is 2. The molecule has 1 aromatic carbocycles. The Kier molecular flexibility index (Phi) is 6.45. The standard InChI is InChI=1S/C22H24N4O4S/c1-15-2-5-18(30-15)14-19-20(27)24-22(31)26(21(19)28)16-3-6-17(7-4-16)29-13-12-25-10-8-23-9-11-25/h2-7,14,23H,8-13H2,1H3,(H,24,27,31). The normalized spacial score (nSPS) is 19.1. The fraction of sp³-hybridized carbons (Fsp3) is 0.318. The topological polar surface area (TPSA) is 87.1 Å². The smallest absolute Gasteiger partial charge is 0.270 e. The lowest BCUT2D eigenvalue weighted by Crippen LogP contribution is -2.54. The van der Waals surface area contributed by atoms with Gasteiger partial charge in [-0.3, -0.25) is 24.7 Å². The van der Waals surface area contributed by atoms with E-state index in [1.54, 1.807) is 43.3 Å². The summed E-state index contributed by atoms with van der Waals surface area (Å²) in [6.07, 6.45) is 1.42. The lowest BCUT2D eigenvalue weighted by Gasteiger charge is -2.29. The molecule has 2 amide bonds. The van der Waals surface area contributed by atoms with Crippen molar-refractivity contribution in [1.29, 1.82) is 0 Å². The van der Waals surface area contributed by atoms with E-state index in [2.05, 4.69) is 15.5 Å². The molecule has 3 heterocycles. The van der Waals surface area contributed by atoms with Crippen molar-refractivity contribution in [2.24, 2.45) is 0 Å². The second-order valence-corrected chi connectivity index (χ2v) is 7.73. The van der Waals surface area contributed by atoms with Gasteiger partial charge < -0.3 is 14.5 Å². The highest BCUT2D eigenvalue weighted by atomic mass is 32.1. The van der Waals surface area contributed by atoms with Crippen LogP contribution in [0.5, 0.6) is 5.75 Å². The van der Waals surface area contributed by atoms with Gasteiger partial charge in [-0.2, -0.15) is 0 Å². The Labute approximate surface area is 185 Å². The van der Waals surface area contributed by atoms with E-state index in [4.69, 9.17) is 21.4 Å².